The Morgan fingerprint density at radius 2 is 1.81 bits per heavy atom. The molecule has 0 amide bonds. The maximum atomic E-state index is 11.2. The number of para-hydroxylation sites is 1. The lowest BCUT2D eigenvalue weighted by Crippen LogP contribution is -2.61. The van der Waals surface area contributed by atoms with Gasteiger partial charge in [-0.2, -0.15) is 0 Å². The van der Waals surface area contributed by atoms with Crippen molar-refractivity contribution in [2.75, 3.05) is 13.2 Å². The van der Waals surface area contributed by atoms with Crippen molar-refractivity contribution in [1.29, 1.82) is 0 Å². The molecule has 0 bridgehead atoms. The second kappa shape index (κ2) is 8.79. The molecule has 10 heteroatoms. The number of hydrogen-bond acceptors (Lipinski definition) is 8. The second-order valence-electron chi connectivity index (χ2n) is 7.39. The van der Waals surface area contributed by atoms with Gasteiger partial charge in [-0.25, -0.2) is 4.79 Å². The molecule has 1 aliphatic heterocycles. The summed E-state index contributed by atoms with van der Waals surface area (Å²) < 4.78 is 16.7. The molecule has 0 radical (unpaired) electrons. The zero-order valence-electron chi connectivity index (χ0n) is 16.4. The Kier molecular flexibility index (Phi) is 6.10. The lowest BCUT2D eigenvalue weighted by atomic mass is 9.99. The number of carbonyl (C=O) groups is 1. The SMILES string of the molecule is NCC(COc1cccc2[nH]c3ccccc3c12)O[C@@H]1O[C@H](C(=O)O)[C@@H](O)[C@H](O)[C@H]1O. The van der Waals surface area contributed by atoms with E-state index in [1.54, 1.807) is 0 Å². The average Bonchev–Trinajstić information content (AvgIpc) is 3.15. The summed E-state index contributed by atoms with van der Waals surface area (Å²) in [5.41, 5.74) is 7.63. The number of aliphatic hydroxyl groups is 3. The van der Waals surface area contributed by atoms with E-state index in [-0.39, 0.29) is 13.2 Å². The minimum atomic E-state index is -1.79. The van der Waals surface area contributed by atoms with Gasteiger partial charge in [0, 0.05) is 22.8 Å². The molecular formula is C21H24N2O8. The van der Waals surface area contributed by atoms with E-state index in [0.29, 0.717) is 5.75 Å². The van der Waals surface area contributed by atoms with Crippen LogP contribution in [0.5, 0.6) is 5.75 Å². The van der Waals surface area contributed by atoms with Gasteiger partial charge in [-0.3, -0.25) is 0 Å². The second-order valence-corrected chi connectivity index (χ2v) is 7.39. The summed E-state index contributed by atoms with van der Waals surface area (Å²) in [5, 5.41) is 40.9. The number of aromatic nitrogens is 1. The number of aliphatic carboxylic acids is 1. The van der Waals surface area contributed by atoms with Gasteiger partial charge in [0.1, 0.15) is 36.8 Å². The summed E-state index contributed by atoms with van der Waals surface area (Å²) >= 11 is 0. The molecule has 6 atom stereocenters. The van der Waals surface area contributed by atoms with E-state index in [1.807, 2.05) is 42.5 Å². The minimum Gasteiger partial charge on any atom is -0.490 e. The summed E-state index contributed by atoms with van der Waals surface area (Å²) in [4.78, 5) is 14.6. The van der Waals surface area contributed by atoms with E-state index >= 15 is 0 Å². The molecule has 10 nitrogen and oxygen atoms in total. The van der Waals surface area contributed by atoms with E-state index in [1.165, 1.54) is 0 Å². The van der Waals surface area contributed by atoms with Crippen molar-refractivity contribution >= 4 is 27.8 Å². The molecule has 4 rings (SSSR count). The molecule has 1 unspecified atom stereocenters. The van der Waals surface area contributed by atoms with E-state index in [0.717, 1.165) is 21.8 Å². The number of nitrogens with one attached hydrogen (secondary N) is 1. The molecule has 1 fully saturated rings. The van der Waals surface area contributed by atoms with Crippen LogP contribution in [0.25, 0.3) is 21.8 Å². The van der Waals surface area contributed by atoms with E-state index in [2.05, 4.69) is 4.98 Å². The molecule has 1 aromatic heterocycles. The van der Waals surface area contributed by atoms with Crippen LogP contribution < -0.4 is 10.5 Å². The Hall–Kier alpha value is -2.73. The van der Waals surface area contributed by atoms with Crippen LogP contribution in [0.4, 0.5) is 0 Å². The highest BCUT2D eigenvalue weighted by molar-refractivity contribution is 6.10. The highest BCUT2D eigenvalue weighted by atomic mass is 16.7. The molecular weight excluding hydrogens is 408 g/mol. The number of aromatic amines is 1. The molecule has 2 aromatic carbocycles. The molecule has 2 heterocycles. The normalized spacial score (nSPS) is 27.4. The minimum absolute atomic E-state index is 0.0158. The molecule has 0 saturated carbocycles. The number of nitrogens with two attached hydrogens (primary N) is 1. The summed E-state index contributed by atoms with van der Waals surface area (Å²) in [6.07, 6.45) is -9.23. The fourth-order valence-corrected chi connectivity index (χ4v) is 3.69. The van der Waals surface area contributed by atoms with Crippen molar-refractivity contribution < 1.29 is 39.4 Å². The molecule has 3 aromatic rings. The first-order chi connectivity index (χ1) is 14.9. The molecule has 1 saturated heterocycles. The largest absolute Gasteiger partial charge is 0.490 e. The number of carboxylic acids is 1. The summed E-state index contributed by atoms with van der Waals surface area (Å²) in [5.74, 6) is -0.889. The number of hydrogen-bond donors (Lipinski definition) is 6. The Bertz CT molecular complexity index is 1070. The standard InChI is InChI=1S/C21H24N2O8/c22-8-10(30-21-18(26)16(24)17(25)19(31-21)20(27)28)9-29-14-7-3-6-13-15(14)11-4-1-2-5-12(11)23-13/h1-7,10,16-19,21,23-26H,8-9,22H2,(H,27,28)/t10?,16-,17-,18+,19-,21+/m0/s1. The predicted molar refractivity (Wildman–Crippen MR) is 110 cm³/mol. The fraction of sp³-hybridized carbons (Fsp3) is 0.381. The van der Waals surface area contributed by atoms with Gasteiger partial charge in [-0.15, -0.1) is 0 Å². The Morgan fingerprint density at radius 1 is 1.06 bits per heavy atom. The zero-order valence-corrected chi connectivity index (χ0v) is 16.4. The highest BCUT2D eigenvalue weighted by Gasteiger charge is 2.48. The smallest absolute Gasteiger partial charge is 0.335 e. The van der Waals surface area contributed by atoms with Gasteiger partial charge in [-0.1, -0.05) is 24.3 Å². The van der Waals surface area contributed by atoms with Crippen LogP contribution in [0.2, 0.25) is 0 Å². The Labute approximate surface area is 176 Å². The molecule has 7 N–H and O–H groups in total. The fourth-order valence-electron chi connectivity index (χ4n) is 3.69. The van der Waals surface area contributed by atoms with Gasteiger partial charge >= 0.3 is 5.97 Å². The Balaban J connectivity index is 1.50. The number of H-pyrrole nitrogens is 1. The van der Waals surface area contributed by atoms with Gasteiger partial charge in [0.25, 0.3) is 0 Å². The van der Waals surface area contributed by atoms with Crippen LogP contribution in [-0.2, 0) is 14.3 Å². The number of ether oxygens (including phenoxy) is 3. The van der Waals surface area contributed by atoms with Crippen molar-refractivity contribution in [2.24, 2.45) is 5.73 Å². The quantitative estimate of drug-likeness (QED) is 0.299. The first kappa shape index (κ1) is 21.5. The van der Waals surface area contributed by atoms with Crippen molar-refractivity contribution in [3.63, 3.8) is 0 Å². The van der Waals surface area contributed by atoms with Crippen LogP contribution in [0, 0.1) is 0 Å². The van der Waals surface area contributed by atoms with Crippen molar-refractivity contribution in [1.82, 2.24) is 4.98 Å². The van der Waals surface area contributed by atoms with Crippen LogP contribution in [0.15, 0.2) is 42.5 Å². The lowest BCUT2D eigenvalue weighted by molar-refractivity contribution is -0.304. The third kappa shape index (κ3) is 4.09. The molecule has 1 aliphatic rings. The van der Waals surface area contributed by atoms with Gasteiger partial charge < -0.3 is 45.4 Å². The maximum Gasteiger partial charge on any atom is 0.335 e. The topological polar surface area (TPSA) is 167 Å². The summed E-state index contributed by atoms with van der Waals surface area (Å²) in [6.45, 7) is -0.0368. The van der Waals surface area contributed by atoms with E-state index in [9.17, 15) is 20.1 Å². The first-order valence-corrected chi connectivity index (χ1v) is 9.81. The van der Waals surface area contributed by atoms with Crippen LogP contribution in [0.1, 0.15) is 0 Å². The number of aliphatic hydroxyl groups excluding tert-OH is 3. The predicted octanol–water partition coefficient (Wildman–Crippen LogP) is -0.0640. The number of benzene rings is 2. The monoisotopic (exact) mass is 432 g/mol. The average molecular weight is 432 g/mol. The van der Waals surface area contributed by atoms with Gasteiger partial charge in [0.2, 0.25) is 0 Å². The number of fused-ring (bicyclic) bond motifs is 3. The third-order valence-electron chi connectivity index (χ3n) is 5.32. The molecule has 31 heavy (non-hydrogen) atoms. The van der Waals surface area contributed by atoms with Gasteiger partial charge in [0.05, 0.1) is 5.52 Å². The summed E-state index contributed by atoms with van der Waals surface area (Å²) in [6, 6.07) is 13.4. The van der Waals surface area contributed by atoms with Gasteiger partial charge in [-0.05, 0) is 18.2 Å². The van der Waals surface area contributed by atoms with Crippen molar-refractivity contribution in [2.45, 2.75) is 36.8 Å². The summed E-state index contributed by atoms with van der Waals surface area (Å²) in [7, 11) is 0. The zero-order chi connectivity index (χ0) is 22.1. The maximum absolute atomic E-state index is 11.2. The number of rotatable bonds is 7. The van der Waals surface area contributed by atoms with Crippen molar-refractivity contribution in [3.8, 4) is 5.75 Å². The molecule has 0 aliphatic carbocycles. The third-order valence-corrected chi connectivity index (χ3v) is 5.32. The first-order valence-electron chi connectivity index (χ1n) is 9.81. The van der Waals surface area contributed by atoms with Crippen LogP contribution >= 0.6 is 0 Å². The molecule has 0 spiro atoms. The van der Waals surface area contributed by atoms with E-state index in [4.69, 9.17) is 25.1 Å². The molecule has 166 valence electrons. The Morgan fingerprint density at radius 3 is 2.55 bits per heavy atom. The van der Waals surface area contributed by atoms with Crippen LogP contribution in [0.3, 0.4) is 0 Å². The lowest BCUT2D eigenvalue weighted by Gasteiger charge is -2.39. The highest BCUT2D eigenvalue weighted by Crippen LogP contribution is 2.33. The van der Waals surface area contributed by atoms with Gasteiger partial charge in [0.15, 0.2) is 12.4 Å². The van der Waals surface area contributed by atoms with E-state index < -0.39 is 42.8 Å². The van der Waals surface area contributed by atoms with Crippen molar-refractivity contribution in [3.05, 3.63) is 42.5 Å². The van der Waals surface area contributed by atoms with Crippen LogP contribution in [-0.4, -0.2) is 81.3 Å². The number of carboxylic acid groups (broad SMARTS) is 1.